The molecule has 1 aromatic heterocycles. The first-order valence-electron chi connectivity index (χ1n) is 11.3. The summed E-state index contributed by atoms with van der Waals surface area (Å²) in [7, 11) is -0.907. The van der Waals surface area contributed by atoms with Crippen LogP contribution in [0.1, 0.15) is 73.1 Å². The minimum atomic E-state index is -0.467. The normalized spacial score (nSPS) is 25.7. The first-order chi connectivity index (χ1) is 14.3. The molecule has 2 aromatic rings. The Labute approximate surface area is 185 Å². The zero-order valence-electron chi connectivity index (χ0n) is 19.9. The number of furan rings is 1. The highest BCUT2D eigenvalue weighted by Gasteiger charge is 2.54. The molecule has 7 heteroatoms. The van der Waals surface area contributed by atoms with Crippen molar-refractivity contribution in [2.75, 3.05) is 0 Å². The lowest BCUT2D eigenvalue weighted by atomic mass is 9.72. The highest BCUT2D eigenvalue weighted by atomic mass is 16.7. The molecule has 2 fully saturated rings. The lowest BCUT2D eigenvalue weighted by Gasteiger charge is -2.32. The first-order valence-corrected chi connectivity index (χ1v) is 11.3. The highest BCUT2D eigenvalue weighted by Crippen LogP contribution is 2.44. The molecule has 5 rings (SSSR count). The summed E-state index contributed by atoms with van der Waals surface area (Å²) in [5.41, 5.74) is 2.36. The van der Waals surface area contributed by atoms with Crippen LogP contribution in [0.15, 0.2) is 28.7 Å². The molecule has 0 saturated carbocycles. The van der Waals surface area contributed by atoms with E-state index in [1.54, 1.807) is 0 Å². The Morgan fingerprint density at radius 1 is 0.742 bits per heavy atom. The fourth-order valence-corrected chi connectivity index (χ4v) is 4.47. The van der Waals surface area contributed by atoms with Gasteiger partial charge in [0.2, 0.25) is 0 Å². The van der Waals surface area contributed by atoms with Crippen LogP contribution < -0.4 is 5.46 Å². The molecule has 0 bridgehead atoms. The third-order valence-electron chi connectivity index (χ3n) is 7.88. The van der Waals surface area contributed by atoms with E-state index >= 15 is 0 Å². The maximum Gasteiger partial charge on any atom is 0.498 e. The van der Waals surface area contributed by atoms with Gasteiger partial charge in [-0.25, -0.2) is 0 Å². The Morgan fingerprint density at radius 3 is 1.87 bits per heavy atom. The summed E-state index contributed by atoms with van der Waals surface area (Å²) < 4.78 is 31.9. The van der Waals surface area contributed by atoms with Crippen molar-refractivity contribution in [3.63, 3.8) is 0 Å². The molecule has 1 aromatic carbocycles. The third kappa shape index (κ3) is 3.08. The molecule has 0 amide bonds. The van der Waals surface area contributed by atoms with Crippen molar-refractivity contribution in [3.05, 3.63) is 35.6 Å². The number of fused-ring (bicyclic) bond motifs is 3. The number of rotatable bonds is 2. The van der Waals surface area contributed by atoms with Crippen LogP contribution >= 0.6 is 0 Å². The van der Waals surface area contributed by atoms with Gasteiger partial charge in [0.05, 0.1) is 22.4 Å². The largest absolute Gasteiger partial charge is 0.498 e. The second kappa shape index (κ2) is 6.50. The van der Waals surface area contributed by atoms with E-state index in [0.29, 0.717) is 0 Å². The molecule has 0 unspecified atom stereocenters. The molecule has 2 saturated heterocycles. The molecule has 3 aliphatic rings. The molecular formula is C24H32B2O5. The maximum atomic E-state index is 6.54. The first kappa shape index (κ1) is 21.3. The maximum absolute atomic E-state index is 6.54. The van der Waals surface area contributed by atoms with E-state index in [4.69, 9.17) is 23.0 Å². The smallest absolute Gasteiger partial charge is 0.457 e. The Balaban J connectivity index is 1.57. The Hall–Kier alpha value is -1.53. The standard InChI is InChI=1S/C24H32B2O5/c1-21(2)22(3,4)29-25(28-21)17-13-9-11-15-16-12-10-14-18(20(16)27-19(15)17)26-30-23(5,6)24(7,8)31-26/h9,11,13-14H,10,12H2,1-8H3. The van der Waals surface area contributed by atoms with Gasteiger partial charge < -0.3 is 23.0 Å². The minimum absolute atomic E-state index is 0.393. The fourth-order valence-electron chi connectivity index (χ4n) is 4.47. The quantitative estimate of drug-likeness (QED) is 0.658. The zero-order valence-corrected chi connectivity index (χ0v) is 19.9. The van der Waals surface area contributed by atoms with Crippen molar-refractivity contribution >= 4 is 36.1 Å². The Morgan fingerprint density at radius 2 is 1.29 bits per heavy atom. The van der Waals surface area contributed by atoms with Crippen molar-refractivity contribution in [2.45, 2.75) is 90.6 Å². The summed E-state index contributed by atoms with van der Waals surface area (Å²) in [5.74, 6) is 0.865. The highest BCUT2D eigenvalue weighted by molar-refractivity contribution is 6.69. The topological polar surface area (TPSA) is 50.1 Å². The SMILES string of the molecule is CC1(C)OB(C2=CCCc3c2oc2c(B4OC(C)(C)C(C)(C)O4)cccc32)OC1(C)C. The molecule has 0 atom stereocenters. The third-order valence-corrected chi connectivity index (χ3v) is 7.88. The number of allylic oxidation sites excluding steroid dienone is 1. The number of hydrogen-bond donors (Lipinski definition) is 0. The average molecular weight is 422 g/mol. The molecule has 5 nitrogen and oxygen atoms in total. The molecule has 2 aliphatic heterocycles. The molecular weight excluding hydrogens is 390 g/mol. The van der Waals surface area contributed by atoms with E-state index in [1.807, 2.05) is 6.07 Å². The predicted molar refractivity (Wildman–Crippen MR) is 124 cm³/mol. The van der Waals surface area contributed by atoms with E-state index in [-0.39, 0.29) is 0 Å². The minimum Gasteiger partial charge on any atom is -0.457 e. The molecule has 0 radical (unpaired) electrons. The Kier molecular flexibility index (Phi) is 4.47. The van der Waals surface area contributed by atoms with Gasteiger partial charge in [-0.1, -0.05) is 24.3 Å². The lowest BCUT2D eigenvalue weighted by Crippen LogP contribution is -2.41. The van der Waals surface area contributed by atoms with Crippen molar-refractivity contribution in [1.29, 1.82) is 0 Å². The molecule has 1 aliphatic carbocycles. The number of hydrogen-bond acceptors (Lipinski definition) is 5. The van der Waals surface area contributed by atoms with Crippen molar-refractivity contribution < 1.29 is 23.0 Å². The molecule has 3 heterocycles. The number of aryl methyl sites for hydroxylation is 1. The second-order valence-electron chi connectivity index (χ2n) is 11.0. The van der Waals surface area contributed by atoms with E-state index in [9.17, 15) is 0 Å². The van der Waals surface area contributed by atoms with Gasteiger partial charge in [0.25, 0.3) is 0 Å². The van der Waals surface area contributed by atoms with Crippen LogP contribution in [0.4, 0.5) is 0 Å². The van der Waals surface area contributed by atoms with Crippen LogP contribution in [0, 0.1) is 0 Å². The van der Waals surface area contributed by atoms with Crippen molar-refractivity contribution in [1.82, 2.24) is 0 Å². The summed E-state index contributed by atoms with van der Waals surface area (Å²) in [5, 5.41) is 1.12. The van der Waals surface area contributed by atoms with E-state index in [1.165, 1.54) is 5.56 Å². The zero-order chi connectivity index (χ0) is 22.4. The van der Waals surface area contributed by atoms with Gasteiger partial charge in [-0.2, -0.15) is 0 Å². The van der Waals surface area contributed by atoms with Gasteiger partial charge in [-0.15, -0.1) is 0 Å². The number of benzene rings is 1. The summed E-state index contributed by atoms with van der Waals surface area (Å²) >= 11 is 0. The van der Waals surface area contributed by atoms with Gasteiger partial charge in [0.15, 0.2) is 0 Å². The molecule has 0 N–H and O–H groups in total. The molecule has 0 spiro atoms. The van der Waals surface area contributed by atoms with E-state index in [2.05, 4.69) is 73.6 Å². The molecule has 31 heavy (non-hydrogen) atoms. The van der Waals surface area contributed by atoms with Crippen LogP contribution in [-0.4, -0.2) is 36.6 Å². The summed E-state index contributed by atoms with van der Waals surface area (Å²) in [4.78, 5) is 0. The monoisotopic (exact) mass is 422 g/mol. The second-order valence-corrected chi connectivity index (χ2v) is 11.0. The van der Waals surface area contributed by atoms with Crippen LogP contribution in [0.5, 0.6) is 0 Å². The summed E-state index contributed by atoms with van der Waals surface area (Å²) in [6.07, 6.45) is 4.06. The summed E-state index contributed by atoms with van der Waals surface area (Å²) in [6, 6.07) is 6.22. The lowest BCUT2D eigenvalue weighted by molar-refractivity contribution is 0.00578. The predicted octanol–water partition coefficient (Wildman–Crippen LogP) is 4.69. The Bertz CT molecular complexity index is 1050. The summed E-state index contributed by atoms with van der Waals surface area (Å²) in [6.45, 7) is 16.6. The average Bonchev–Trinajstić information content (AvgIpc) is 3.21. The van der Waals surface area contributed by atoms with E-state index < -0.39 is 36.6 Å². The fraction of sp³-hybridized carbons (Fsp3) is 0.583. The van der Waals surface area contributed by atoms with Crippen LogP contribution in [0.2, 0.25) is 0 Å². The van der Waals surface area contributed by atoms with Crippen molar-refractivity contribution in [2.24, 2.45) is 0 Å². The van der Waals surface area contributed by atoms with Gasteiger partial charge in [-0.3, -0.25) is 0 Å². The van der Waals surface area contributed by atoms with Crippen LogP contribution in [-0.2, 0) is 25.0 Å². The van der Waals surface area contributed by atoms with Gasteiger partial charge in [0, 0.05) is 21.9 Å². The molecule has 164 valence electrons. The van der Waals surface area contributed by atoms with Gasteiger partial charge >= 0.3 is 14.2 Å². The van der Waals surface area contributed by atoms with Gasteiger partial charge in [0.1, 0.15) is 11.3 Å². The van der Waals surface area contributed by atoms with E-state index in [0.717, 1.165) is 40.5 Å². The van der Waals surface area contributed by atoms with Gasteiger partial charge in [-0.05, 0) is 68.2 Å². The van der Waals surface area contributed by atoms with Crippen molar-refractivity contribution in [3.8, 4) is 0 Å². The van der Waals surface area contributed by atoms with Crippen LogP contribution in [0.3, 0.4) is 0 Å². The van der Waals surface area contributed by atoms with Crippen LogP contribution in [0.25, 0.3) is 16.4 Å². The number of para-hydroxylation sites is 1.